The fraction of sp³-hybridized carbons (Fsp3) is 0.692. The third-order valence-electron chi connectivity index (χ3n) is 3.35. The van der Waals surface area contributed by atoms with Crippen molar-refractivity contribution in [3.05, 3.63) is 17.0 Å². The second-order valence-electron chi connectivity index (χ2n) is 5.54. The molecule has 1 aliphatic heterocycles. The molecule has 0 saturated carbocycles. The normalized spacial score (nSPS) is 24.5. The Morgan fingerprint density at radius 2 is 2.16 bits per heavy atom. The highest BCUT2D eigenvalue weighted by Crippen LogP contribution is 2.32. The lowest BCUT2D eigenvalue weighted by atomic mass is 10.1. The molecule has 0 radical (unpaired) electrons. The van der Waals surface area contributed by atoms with Crippen molar-refractivity contribution in [2.75, 3.05) is 13.2 Å². The minimum Gasteiger partial charge on any atom is -0.375 e. The van der Waals surface area contributed by atoms with E-state index >= 15 is 0 Å². The molecule has 0 aromatic carbocycles. The molecule has 1 aromatic heterocycles. The Hall–Kier alpha value is -0.430. The van der Waals surface area contributed by atoms with Crippen molar-refractivity contribution in [2.45, 2.75) is 50.0 Å². The SMILES string of the molecule is CCc1ccc(S(=O)(=O)N2CC(C)OCC2(C)C)s1. The van der Waals surface area contributed by atoms with E-state index in [0.29, 0.717) is 17.4 Å². The lowest BCUT2D eigenvalue weighted by molar-refractivity contribution is -0.0550. The molecule has 0 spiro atoms. The van der Waals surface area contributed by atoms with Gasteiger partial charge in [-0.1, -0.05) is 6.92 Å². The number of aryl methyl sites for hydroxylation is 1. The minimum atomic E-state index is -3.42. The Morgan fingerprint density at radius 1 is 1.47 bits per heavy atom. The molecule has 1 fully saturated rings. The first-order chi connectivity index (χ1) is 8.77. The highest BCUT2D eigenvalue weighted by atomic mass is 32.2. The molecule has 0 aliphatic carbocycles. The maximum Gasteiger partial charge on any atom is 0.253 e. The summed E-state index contributed by atoms with van der Waals surface area (Å²) in [5.41, 5.74) is -0.498. The topological polar surface area (TPSA) is 46.6 Å². The van der Waals surface area contributed by atoms with Crippen molar-refractivity contribution in [1.29, 1.82) is 0 Å². The van der Waals surface area contributed by atoms with Crippen molar-refractivity contribution in [2.24, 2.45) is 0 Å². The first kappa shape index (κ1) is 15.0. The van der Waals surface area contributed by atoms with Crippen LogP contribution in [0.5, 0.6) is 0 Å². The summed E-state index contributed by atoms with van der Waals surface area (Å²) in [5.74, 6) is 0. The highest BCUT2D eigenvalue weighted by molar-refractivity contribution is 7.91. The Balaban J connectivity index is 2.37. The van der Waals surface area contributed by atoms with E-state index in [2.05, 4.69) is 0 Å². The first-order valence-corrected chi connectivity index (χ1v) is 8.76. The van der Waals surface area contributed by atoms with Crippen LogP contribution in [0.15, 0.2) is 16.3 Å². The zero-order valence-corrected chi connectivity index (χ0v) is 13.5. The summed E-state index contributed by atoms with van der Waals surface area (Å²) in [6, 6.07) is 3.61. The van der Waals surface area contributed by atoms with Crippen molar-refractivity contribution in [3.63, 3.8) is 0 Å². The Labute approximate surface area is 119 Å². The van der Waals surface area contributed by atoms with Gasteiger partial charge >= 0.3 is 0 Å². The summed E-state index contributed by atoms with van der Waals surface area (Å²) < 4.78 is 33.1. The van der Waals surface area contributed by atoms with Crippen LogP contribution in [0, 0.1) is 0 Å². The van der Waals surface area contributed by atoms with Gasteiger partial charge < -0.3 is 4.74 Å². The number of hydrogen-bond acceptors (Lipinski definition) is 4. The average Bonchev–Trinajstić information content (AvgIpc) is 2.81. The maximum atomic E-state index is 12.8. The number of hydrogen-bond donors (Lipinski definition) is 0. The van der Waals surface area contributed by atoms with Gasteiger partial charge in [0.2, 0.25) is 0 Å². The smallest absolute Gasteiger partial charge is 0.253 e. The van der Waals surface area contributed by atoms with E-state index in [9.17, 15) is 8.42 Å². The van der Waals surface area contributed by atoms with Gasteiger partial charge in [-0.05, 0) is 39.3 Å². The molecule has 1 saturated heterocycles. The second kappa shape index (κ2) is 5.16. The third-order valence-corrected chi connectivity index (χ3v) is 7.12. The van der Waals surface area contributed by atoms with E-state index in [1.807, 2.05) is 33.8 Å². The number of morpholine rings is 1. The maximum absolute atomic E-state index is 12.8. The van der Waals surface area contributed by atoms with Crippen LogP contribution < -0.4 is 0 Å². The highest BCUT2D eigenvalue weighted by Gasteiger charge is 2.42. The van der Waals surface area contributed by atoms with Crippen molar-refractivity contribution in [3.8, 4) is 0 Å². The summed E-state index contributed by atoms with van der Waals surface area (Å²) in [5, 5.41) is 0. The van der Waals surface area contributed by atoms with Crippen molar-refractivity contribution >= 4 is 21.4 Å². The zero-order valence-electron chi connectivity index (χ0n) is 11.8. The van der Waals surface area contributed by atoms with Gasteiger partial charge in [-0.25, -0.2) is 8.42 Å². The predicted octanol–water partition coefficient (Wildman–Crippen LogP) is 2.50. The molecule has 4 nitrogen and oxygen atoms in total. The summed E-state index contributed by atoms with van der Waals surface area (Å²) in [4.78, 5) is 1.10. The van der Waals surface area contributed by atoms with Gasteiger partial charge in [0.1, 0.15) is 4.21 Å². The van der Waals surface area contributed by atoms with Crippen molar-refractivity contribution in [1.82, 2.24) is 4.31 Å². The monoisotopic (exact) mass is 303 g/mol. The Kier molecular flexibility index (Phi) is 4.07. The van der Waals surface area contributed by atoms with Gasteiger partial charge in [0, 0.05) is 11.4 Å². The third kappa shape index (κ3) is 2.86. The summed E-state index contributed by atoms with van der Waals surface area (Å²) in [6.07, 6.45) is 0.803. The molecular weight excluding hydrogens is 282 g/mol. The van der Waals surface area contributed by atoms with Gasteiger partial charge in [0.25, 0.3) is 10.0 Å². The van der Waals surface area contributed by atoms with Gasteiger partial charge in [-0.2, -0.15) is 4.31 Å². The summed E-state index contributed by atoms with van der Waals surface area (Å²) >= 11 is 1.36. The molecule has 108 valence electrons. The van der Waals surface area contributed by atoms with Crippen LogP contribution in [0.25, 0.3) is 0 Å². The van der Waals surface area contributed by atoms with Gasteiger partial charge in [0.05, 0.1) is 18.2 Å². The fourth-order valence-corrected chi connectivity index (χ4v) is 5.42. The molecule has 2 rings (SSSR count). The van der Waals surface area contributed by atoms with E-state index in [1.165, 1.54) is 11.3 Å². The Bertz CT molecular complexity index is 548. The average molecular weight is 303 g/mol. The van der Waals surface area contributed by atoms with Crippen LogP contribution >= 0.6 is 11.3 Å². The van der Waals surface area contributed by atoms with E-state index < -0.39 is 15.6 Å². The number of rotatable bonds is 3. The Morgan fingerprint density at radius 3 is 2.74 bits per heavy atom. The number of ether oxygens (including phenoxy) is 1. The van der Waals surface area contributed by atoms with E-state index in [4.69, 9.17) is 4.74 Å². The lowest BCUT2D eigenvalue weighted by Gasteiger charge is -2.43. The molecule has 1 aliphatic rings. The van der Waals surface area contributed by atoms with Crippen LogP contribution in [0.4, 0.5) is 0 Å². The van der Waals surface area contributed by atoms with Crippen LogP contribution in [0.3, 0.4) is 0 Å². The number of sulfonamides is 1. The standard InChI is InChI=1S/C13H21NO3S2/c1-5-11-6-7-12(18-11)19(15,16)14-8-10(2)17-9-13(14,3)4/h6-7,10H,5,8-9H2,1-4H3. The molecule has 2 heterocycles. The number of thiophene rings is 1. The van der Waals surface area contributed by atoms with Gasteiger partial charge in [-0.3, -0.25) is 0 Å². The molecule has 6 heteroatoms. The van der Waals surface area contributed by atoms with Crippen LogP contribution in [-0.4, -0.2) is 37.5 Å². The molecule has 0 amide bonds. The minimum absolute atomic E-state index is 0.0617. The molecule has 1 atom stereocenters. The molecule has 0 N–H and O–H groups in total. The predicted molar refractivity (Wildman–Crippen MR) is 77.1 cm³/mol. The van der Waals surface area contributed by atoms with Crippen LogP contribution in [0.2, 0.25) is 0 Å². The first-order valence-electron chi connectivity index (χ1n) is 6.50. The number of nitrogens with zero attached hydrogens (tertiary/aromatic N) is 1. The quantitative estimate of drug-likeness (QED) is 0.862. The van der Waals surface area contributed by atoms with Gasteiger partial charge in [-0.15, -0.1) is 11.3 Å². The zero-order chi connectivity index (χ0) is 14.3. The van der Waals surface area contributed by atoms with Crippen LogP contribution in [0.1, 0.15) is 32.6 Å². The lowest BCUT2D eigenvalue weighted by Crippen LogP contribution is -2.57. The summed E-state index contributed by atoms with van der Waals surface area (Å²) in [7, 11) is -3.42. The molecule has 19 heavy (non-hydrogen) atoms. The van der Waals surface area contributed by atoms with E-state index in [-0.39, 0.29) is 6.10 Å². The van der Waals surface area contributed by atoms with E-state index in [1.54, 1.807) is 10.4 Å². The van der Waals surface area contributed by atoms with E-state index in [0.717, 1.165) is 11.3 Å². The largest absolute Gasteiger partial charge is 0.375 e. The summed E-state index contributed by atoms with van der Waals surface area (Å²) in [6.45, 7) is 8.59. The molecule has 1 unspecified atom stereocenters. The molecule has 0 bridgehead atoms. The van der Waals surface area contributed by atoms with Crippen molar-refractivity contribution < 1.29 is 13.2 Å². The van der Waals surface area contributed by atoms with Gasteiger partial charge in [0.15, 0.2) is 0 Å². The second-order valence-corrected chi connectivity index (χ2v) is 8.80. The van der Waals surface area contributed by atoms with Crippen LogP contribution in [-0.2, 0) is 21.2 Å². The fourth-order valence-electron chi connectivity index (χ4n) is 2.17. The molecular formula is C13H21NO3S2. The molecule has 1 aromatic rings.